The topological polar surface area (TPSA) is 105 Å². The zero-order valence-corrected chi connectivity index (χ0v) is 18.2. The van der Waals surface area contributed by atoms with Gasteiger partial charge < -0.3 is 14.2 Å². The van der Waals surface area contributed by atoms with Gasteiger partial charge in [-0.1, -0.05) is 35.4 Å². The first kappa shape index (κ1) is 21.4. The van der Waals surface area contributed by atoms with Gasteiger partial charge in [-0.3, -0.25) is 0 Å². The molecule has 1 unspecified atom stereocenters. The van der Waals surface area contributed by atoms with Crippen LogP contribution in [0.1, 0.15) is 31.6 Å². The highest BCUT2D eigenvalue weighted by Gasteiger charge is 2.38. The predicted molar refractivity (Wildman–Crippen MR) is 112 cm³/mol. The number of ether oxygens (including phenoxy) is 3. The molecule has 1 saturated heterocycles. The number of methoxy groups -OCH3 is 1. The van der Waals surface area contributed by atoms with Crippen molar-refractivity contribution in [2.24, 2.45) is 0 Å². The van der Waals surface area contributed by atoms with Gasteiger partial charge in [0.1, 0.15) is 5.75 Å². The van der Waals surface area contributed by atoms with E-state index in [2.05, 4.69) is 15.5 Å². The van der Waals surface area contributed by atoms with E-state index in [-0.39, 0.29) is 10.9 Å². The van der Waals surface area contributed by atoms with Crippen LogP contribution in [0.15, 0.2) is 59.8 Å². The van der Waals surface area contributed by atoms with Gasteiger partial charge >= 0.3 is 0 Å². The van der Waals surface area contributed by atoms with Crippen molar-refractivity contribution in [1.82, 2.24) is 20.2 Å². The van der Waals surface area contributed by atoms with Crippen LogP contribution in [0.25, 0.3) is 5.69 Å². The second-order valence-corrected chi connectivity index (χ2v) is 9.62. The summed E-state index contributed by atoms with van der Waals surface area (Å²) in [7, 11) is -2.06. The lowest BCUT2D eigenvalue weighted by Gasteiger charge is -2.22. The van der Waals surface area contributed by atoms with Gasteiger partial charge in [0.2, 0.25) is 9.84 Å². The van der Waals surface area contributed by atoms with Crippen LogP contribution in [0, 0.1) is 0 Å². The molecule has 31 heavy (non-hydrogen) atoms. The maximum atomic E-state index is 12.9. The maximum absolute atomic E-state index is 12.9. The van der Waals surface area contributed by atoms with E-state index in [4.69, 9.17) is 14.2 Å². The minimum Gasteiger partial charge on any atom is -0.497 e. The molecule has 0 saturated carbocycles. The smallest absolute Gasteiger partial charge is 0.272 e. The van der Waals surface area contributed by atoms with Gasteiger partial charge in [-0.25, -0.2) is 8.42 Å². The van der Waals surface area contributed by atoms with E-state index in [0.29, 0.717) is 25.1 Å². The summed E-state index contributed by atoms with van der Waals surface area (Å²) in [6.45, 7) is 2.31. The van der Waals surface area contributed by atoms with Gasteiger partial charge in [0.25, 0.3) is 5.16 Å². The van der Waals surface area contributed by atoms with E-state index in [1.807, 2.05) is 37.3 Å². The molecule has 2 atom stereocenters. The molecular formula is C21H24N4O5S. The molecule has 0 aliphatic carbocycles. The zero-order valence-electron chi connectivity index (χ0n) is 17.3. The number of nitrogens with zero attached hydrogens (tertiary/aromatic N) is 4. The number of rotatable bonds is 8. The highest BCUT2D eigenvalue weighted by atomic mass is 32.2. The van der Waals surface area contributed by atoms with Gasteiger partial charge in [-0.2, -0.15) is 4.68 Å². The Morgan fingerprint density at radius 3 is 2.61 bits per heavy atom. The monoisotopic (exact) mass is 444 g/mol. The third-order valence-electron chi connectivity index (χ3n) is 5.16. The molecule has 3 aromatic rings. The van der Waals surface area contributed by atoms with Crippen LogP contribution in [0.2, 0.25) is 0 Å². The number of tetrazole rings is 1. The summed E-state index contributed by atoms with van der Waals surface area (Å²) in [5, 5.41) is 11.0. The van der Waals surface area contributed by atoms with Gasteiger partial charge in [0.05, 0.1) is 30.8 Å². The summed E-state index contributed by atoms with van der Waals surface area (Å²) >= 11 is 0. The molecule has 1 aromatic heterocycles. The van der Waals surface area contributed by atoms with Crippen molar-refractivity contribution in [3.8, 4) is 11.4 Å². The first-order valence-electron chi connectivity index (χ1n) is 9.90. The lowest BCUT2D eigenvalue weighted by Crippen LogP contribution is -2.28. The number of benzene rings is 2. The number of hydrogen-bond donors (Lipinski definition) is 0. The molecule has 2 aromatic carbocycles. The van der Waals surface area contributed by atoms with Crippen LogP contribution in [0.4, 0.5) is 0 Å². The van der Waals surface area contributed by atoms with Gasteiger partial charge in [0.15, 0.2) is 6.29 Å². The normalized spacial score (nSPS) is 21.3. The Hall–Kier alpha value is -2.82. The largest absolute Gasteiger partial charge is 0.497 e. The molecular weight excluding hydrogens is 420 g/mol. The Kier molecular flexibility index (Phi) is 6.03. The van der Waals surface area contributed by atoms with Gasteiger partial charge in [-0.05, 0) is 54.5 Å². The summed E-state index contributed by atoms with van der Waals surface area (Å²) in [5.41, 5.74) is 0.901. The lowest BCUT2D eigenvalue weighted by atomic mass is 10.0. The molecule has 164 valence electrons. The van der Waals surface area contributed by atoms with Crippen LogP contribution in [-0.4, -0.2) is 53.7 Å². The highest BCUT2D eigenvalue weighted by molar-refractivity contribution is 7.91. The zero-order chi connectivity index (χ0) is 21.9. The van der Waals surface area contributed by atoms with Crippen molar-refractivity contribution in [1.29, 1.82) is 0 Å². The van der Waals surface area contributed by atoms with Crippen molar-refractivity contribution < 1.29 is 22.6 Å². The Bertz CT molecular complexity index is 1120. The molecule has 4 rings (SSSR count). The molecule has 10 heteroatoms. The van der Waals surface area contributed by atoms with E-state index >= 15 is 0 Å². The number of hydrogen-bond acceptors (Lipinski definition) is 8. The van der Waals surface area contributed by atoms with Crippen molar-refractivity contribution in [3.63, 3.8) is 0 Å². The Labute approximate surface area is 180 Å². The first-order valence-corrected chi connectivity index (χ1v) is 11.6. The Balaban J connectivity index is 1.37. The number of aromatic nitrogens is 4. The van der Waals surface area contributed by atoms with Crippen molar-refractivity contribution in [2.45, 2.75) is 36.8 Å². The Morgan fingerprint density at radius 1 is 1.16 bits per heavy atom. The Morgan fingerprint density at radius 2 is 1.90 bits per heavy atom. The maximum Gasteiger partial charge on any atom is 0.272 e. The molecule has 0 spiro atoms. The van der Waals surface area contributed by atoms with E-state index in [1.54, 1.807) is 31.4 Å². The molecule has 0 radical (unpaired) electrons. The number of sulfone groups is 1. The SMILES string of the molecule is COc1ccc(C2OC[C@](C)(CCCS(=O)(=O)c3nnnn3-c3ccccc3)O2)cc1. The van der Waals surface area contributed by atoms with Gasteiger partial charge in [0, 0.05) is 5.56 Å². The summed E-state index contributed by atoms with van der Waals surface area (Å²) in [5.74, 6) is 0.666. The molecule has 1 fully saturated rings. The summed E-state index contributed by atoms with van der Waals surface area (Å²) in [6, 6.07) is 16.4. The standard InChI is InChI=1S/C21H24N4O5S/c1-21(15-29-19(30-21)16-9-11-18(28-2)12-10-16)13-6-14-31(26,27)20-22-23-24-25(20)17-7-4-3-5-8-17/h3-5,7-12,19H,6,13-15H2,1-2H3/t19?,21-/m0/s1. The fourth-order valence-corrected chi connectivity index (χ4v) is 4.74. The molecule has 2 heterocycles. The van der Waals surface area contributed by atoms with E-state index in [9.17, 15) is 8.42 Å². The average Bonchev–Trinajstić information content (AvgIpc) is 3.42. The highest BCUT2D eigenvalue weighted by Crippen LogP contribution is 2.36. The predicted octanol–water partition coefficient (Wildman–Crippen LogP) is 2.73. The summed E-state index contributed by atoms with van der Waals surface area (Å²) in [6.07, 6.45) is 0.420. The average molecular weight is 445 g/mol. The minimum atomic E-state index is -3.67. The third-order valence-corrected chi connectivity index (χ3v) is 6.80. The second-order valence-electron chi connectivity index (χ2n) is 7.62. The van der Waals surface area contributed by atoms with E-state index in [1.165, 1.54) is 4.68 Å². The van der Waals surface area contributed by atoms with E-state index in [0.717, 1.165) is 11.3 Å². The molecule has 1 aliphatic rings. The van der Waals surface area contributed by atoms with Crippen molar-refractivity contribution in [3.05, 3.63) is 60.2 Å². The lowest BCUT2D eigenvalue weighted by molar-refractivity contribution is -0.0888. The summed E-state index contributed by atoms with van der Waals surface area (Å²) < 4.78 is 44.1. The number of para-hydroxylation sites is 1. The quantitative estimate of drug-likeness (QED) is 0.522. The summed E-state index contributed by atoms with van der Waals surface area (Å²) in [4.78, 5) is 0. The fourth-order valence-electron chi connectivity index (χ4n) is 3.47. The van der Waals surface area contributed by atoms with Crippen LogP contribution < -0.4 is 4.74 Å². The molecule has 9 nitrogen and oxygen atoms in total. The van der Waals surface area contributed by atoms with Crippen LogP contribution in [0.3, 0.4) is 0 Å². The minimum absolute atomic E-state index is 0.0909. The van der Waals surface area contributed by atoms with Gasteiger partial charge in [-0.15, -0.1) is 0 Å². The van der Waals surface area contributed by atoms with Crippen molar-refractivity contribution >= 4 is 9.84 Å². The van der Waals surface area contributed by atoms with E-state index < -0.39 is 21.7 Å². The second kappa shape index (κ2) is 8.74. The first-order chi connectivity index (χ1) is 14.9. The molecule has 0 N–H and O–H groups in total. The fraction of sp³-hybridized carbons (Fsp3) is 0.381. The van der Waals surface area contributed by atoms with Crippen LogP contribution in [-0.2, 0) is 19.3 Å². The molecule has 1 aliphatic heterocycles. The molecule has 0 bridgehead atoms. The van der Waals surface area contributed by atoms with Crippen LogP contribution >= 0.6 is 0 Å². The molecule has 0 amide bonds. The third kappa shape index (κ3) is 4.76. The van der Waals surface area contributed by atoms with Crippen LogP contribution in [0.5, 0.6) is 5.75 Å². The van der Waals surface area contributed by atoms with Crippen molar-refractivity contribution in [2.75, 3.05) is 19.5 Å².